The van der Waals surface area contributed by atoms with Crippen molar-refractivity contribution in [2.24, 2.45) is 0 Å². The summed E-state index contributed by atoms with van der Waals surface area (Å²) in [6, 6.07) is -0.331. The van der Waals surface area contributed by atoms with Crippen LogP contribution in [0.2, 0.25) is 6.04 Å². The third-order valence-electron chi connectivity index (χ3n) is 3.71. The van der Waals surface area contributed by atoms with Crippen molar-refractivity contribution in [1.82, 2.24) is 0 Å². The number of rotatable bonds is 14. The fraction of sp³-hybridized carbons (Fsp3) is 1.00. The molecule has 0 bridgehead atoms. The minimum atomic E-state index is -5.95. The average Bonchev–Trinajstić information content (AvgIpc) is 2.52. The highest BCUT2D eigenvalue weighted by Gasteiger charge is 2.70. The molecule has 0 aromatic heterocycles. The van der Waals surface area contributed by atoms with Gasteiger partial charge in [-0.25, -0.2) is 0 Å². The molecule has 170 valence electrons. The lowest BCUT2D eigenvalue weighted by Gasteiger charge is -2.34. The Labute approximate surface area is 158 Å². The van der Waals surface area contributed by atoms with Gasteiger partial charge in [-0.15, -0.1) is 0 Å². The first-order valence-corrected chi connectivity index (χ1v) is 10.6. The molecule has 0 aliphatic rings. The topological polar surface area (TPSA) is 27.7 Å². The first kappa shape index (κ1) is 27.5. The average molecular weight is 452 g/mol. The lowest BCUT2D eigenvalue weighted by Crippen LogP contribution is -2.54. The summed E-state index contributed by atoms with van der Waals surface area (Å²) in [5.74, 6) is -16.7. The molecule has 0 spiro atoms. The molecule has 0 aliphatic carbocycles. The summed E-state index contributed by atoms with van der Waals surface area (Å²) in [5, 5.41) is 0. The Bertz CT molecular complexity index is 442. The zero-order valence-electron chi connectivity index (χ0n) is 15.8. The molecule has 0 aliphatic heterocycles. The summed E-state index contributed by atoms with van der Waals surface area (Å²) in [6.07, 6.45) is -12.3. The van der Waals surface area contributed by atoms with Gasteiger partial charge in [0.15, 0.2) is 0 Å². The minimum Gasteiger partial charge on any atom is -0.374 e. The predicted octanol–water partition coefficient (Wildman–Crippen LogP) is 6.06. The molecular weight excluding hydrogens is 427 g/mol. The summed E-state index contributed by atoms with van der Waals surface area (Å²) in [5.41, 5.74) is 0. The Morgan fingerprint density at radius 3 is 1.36 bits per heavy atom. The van der Waals surface area contributed by atoms with Crippen LogP contribution in [0.5, 0.6) is 0 Å². The zero-order valence-corrected chi connectivity index (χ0v) is 16.8. The fourth-order valence-electron chi connectivity index (χ4n) is 2.41. The molecule has 0 fully saturated rings. The number of alkyl halides is 9. The molecule has 0 heterocycles. The van der Waals surface area contributed by atoms with E-state index in [0.29, 0.717) is 0 Å². The van der Waals surface area contributed by atoms with Crippen LogP contribution >= 0.6 is 0 Å². The van der Waals surface area contributed by atoms with Crippen molar-refractivity contribution in [3.05, 3.63) is 0 Å². The van der Waals surface area contributed by atoms with Crippen LogP contribution in [0.3, 0.4) is 0 Å². The van der Waals surface area contributed by atoms with Crippen LogP contribution in [-0.4, -0.2) is 52.6 Å². The van der Waals surface area contributed by atoms with Crippen LogP contribution in [0.1, 0.15) is 46.5 Å². The molecule has 0 saturated heterocycles. The maximum Gasteiger partial charge on any atom is 0.500 e. The van der Waals surface area contributed by atoms with Gasteiger partial charge in [0, 0.05) is 45.1 Å². The van der Waals surface area contributed by atoms with E-state index in [1.165, 1.54) is 0 Å². The van der Waals surface area contributed by atoms with Gasteiger partial charge in [0.05, 0.1) is 0 Å². The highest BCUT2D eigenvalue weighted by Crippen LogP contribution is 2.50. The molecule has 28 heavy (non-hydrogen) atoms. The van der Waals surface area contributed by atoms with E-state index in [2.05, 4.69) is 0 Å². The standard InChI is InChI=1S/C15H25F9O3Si/c1-4-25-28(26-5-2,27-6-3)11-7-8-12(16,17)15(23,24)13(18,19)9-10-14(20,21)22/h4-11H2,1-3H3. The van der Waals surface area contributed by atoms with Crippen LogP contribution in [0.15, 0.2) is 0 Å². The highest BCUT2D eigenvalue weighted by molar-refractivity contribution is 6.60. The van der Waals surface area contributed by atoms with Gasteiger partial charge in [-0.05, 0) is 27.2 Å². The Balaban J connectivity index is 5.17. The van der Waals surface area contributed by atoms with Gasteiger partial charge in [-0.3, -0.25) is 0 Å². The molecule has 13 heteroatoms. The lowest BCUT2D eigenvalue weighted by atomic mass is 9.97. The second kappa shape index (κ2) is 10.5. The molecule has 0 unspecified atom stereocenters. The van der Waals surface area contributed by atoms with Crippen LogP contribution in [0, 0.1) is 0 Å². The maximum absolute atomic E-state index is 13.8. The van der Waals surface area contributed by atoms with E-state index in [4.69, 9.17) is 13.3 Å². The van der Waals surface area contributed by atoms with Crippen molar-refractivity contribution < 1.29 is 52.8 Å². The van der Waals surface area contributed by atoms with E-state index in [1.54, 1.807) is 20.8 Å². The van der Waals surface area contributed by atoms with Crippen LogP contribution in [0.4, 0.5) is 39.5 Å². The highest BCUT2D eigenvalue weighted by atomic mass is 28.4. The molecule has 0 radical (unpaired) electrons. The quantitative estimate of drug-likeness (QED) is 0.237. The fourth-order valence-corrected chi connectivity index (χ4v) is 5.02. The van der Waals surface area contributed by atoms with Gasteiger partial charge in [-0.1, -0.05) is 0 Å². The molecule has 0 rings (SSSR count). The second-order valence-corrected chi connectivity index (χ2v) is 8.67. The normalized spacial score (nSPS) is 14.6. The molecule has 0 N–H and O–H groups in total. The summed E-state index contributed by atoms with van der Waals surface area (Å²) in [4.78, 5) is 0. The van der Waals surface area contributed by atoms with Crippen LogP contribution < -0.4 is 0 Å². The Kier molecular flexibility index (Phi) is 10.3. The predicted molar refractivity (Wildman–Crippen MR) is 84.8 cm³/mol. The monoisotopic (exact) mass is 452 g/mol. The number of hydrogen-bond donors (Lipinski definition) is 0. The SMILES string of the molecule is CCO[Si](CCCC(F)(F)C(F)(F)C(F)(F)CCC(F)(F)F)(OCC)OCC. The largest absolute Gasteiger partial charge is 0.500 e. The molecule has 0 amide bonds. The van der Waals surface area contributed by atoms with Crippen molar-refractivity contribution in [3.63, 3.8) is 0 Å². The molecule has 0 aromatic carbocycles. The Morgan fingerprint density at radius 1 is 0.607 bits per heavy atom. The number of halogens is 9. The maximum atomic E-state index is 13.8. The summed E-state index contributed by atoms with van der Waals surface area (Å²) >= 11 is 0. The van der Waals surface area contributed by atoms with E-state index in [9.17, 15) is 39.5 Å². The van der Waals surface area contributed by atoms with Gasteiger partial charge in [0.2, 0.25) is 0 Å². The van der Waals surface area contributed by atoms with Crippen molar-refractivity contribution in [3.8, 4) is 0 Å². The molecule has 0 atom stereocenters. The minimum absolute atomic E-state index is 0.0916. The molecule has 0 aromatic rings. The van der Waals surface area contributed by atoms with E-state index < -0.39 is 58.4 Å². The van der Waals surface area contributed by atoms with Crippen molar-refractivity contribution in [2.75, 3.05) is 19.8 Å². The molecular formula is C15H25F9O3Si. The molecule has 3 nitrogen and oxygen atoms in total. The summed E-state index contributed by atoms with van der Waals surface area (Å²) < 4.78 is 134. The van der Waals surface area contributed by atoms with Gasteiger partial charge in [-0.2, -0.15) is 39.5 Å². The van der Waals surface area contributed by atoms with Gasteiger partial charge in [0.25, 0.3) is 0 Å². The summed E-state index contributed by atoms with van der Waals surface area (Å²) in [6.45, 7) is 4.99. The first-order chi connectivity index (χ1) is 12.6. The third-order valence-corrected chi connectivity index (χ3v) is 6.86. The van der Waals surface area contributed by atoms with Crippen LogP contribution in [-0.2, 0) is 13.3 Å². The first-order valence-electron chi connectivity index (χ1n) is 8.71. The van der Waals surface area contributed by atoms with Crippen molar-refractivity contribution in [1.29, 1.82) is 0 Å². The van der Waals surface area contributed by atoms with E-state index in [-0.39, 0.29) is 25.9 Å². The van der Waals surface area contributed by atoms with Gasteiger partial charge >= 0.3 is 32.7 Å². The van der Waals surface area contributed by atoms with Crippen molar-refractivity contribution >= 4 is 8.80 Å². The third kappa shape index (κ3) is 7.71. The van der Waals surface area contributed by atoms with Crippen molar-refractivity contribution in [2.45, 2.75) is 76.4 Å². The van der Waals surface area contributed by atoms with Crippen LogP contribution in [0.25, 0.3) is 0 Å². The zero-order chi connectivity index (χ0) is 22.3. The van der Waals surface area contributed by atoms with Gasteiger partial charge < -0.3 is 13.3 Å². The summed E-state index contributed by atoms with van der Waals surface area (Å²) in [7, 11) is -3.45. The lowest BCUT2D eigenvalue weighted by molar-refractivity contribution is -0.316. The number of hydrogen-bond acceptors (Lipinski definition) is 3. The smallest absolute Gasteiger partial charge is 0.374 e. The Hall–Kier alpha value is -0.533. The van der Waals surface area contributed by atoms with E-state index >= 15 is 0 Å². The van der Waals surface area contributed by atoms with E-state index in [0.717, 1.165) is 0 Å². The second-order valence-electron chi connectivity index (χ2n) is 5.93. The van der Waals surface area contributed by atoms with E-state index in [1.807, 2.05) is 0 Å². The Morgan fingerprint density at radius 2 is 1.00 bits per heavy atom. The van der Waals surface area contributed by atoms with Gasteiger partial charge in [0.1, 0.15) is 0 Å². The molecule has 0 saturated carbocycles.